The molecule has 116 valence electrons. The molecule has 1 aromatic heterocycles. The number of aromatic nitrogens is 4. The Hall–Kier alpha value is -2.66. The lowest BCUT2D eigenvalue weighted by molar-refractivity contribution is 0.376. The van der Waals surface area contributed by atoms with E-state index in [-0.39, 0.29) is 0 Å². The van der Waals surface area contributed by atoms with Crippen LogP contribution in [0.2, 0.25) is 0 Å². The van der Waals surface area contributed by atoms with Crippen molar-refractivity contribution in [2.75, 3.05) is 14.1 Å². The molecule has 0 saturated heterocycles. The molecular weight excluding hydrogens is 286 g/mol. The van der Waals surface area contributed by atoms with Crippen molar-refractivity contribution >= 4 is 5.69 Å². The molecule has 0 aliphatic carbocycles. The van der Waals surface area contributed by atoms with E-state index in [0.29, 0.717) is 22.7 Å². The predicted octanol–water partition coefficient (Wildman–Crippen LogP) is 3.01. The van der Waals surface area contributed by atoms with Crippen LogP contribution < -0.4 is 4.48 Å². The van der Waals surface area contributed by atoms with Crippen LogP contribution in [0.25, 0.3) is 11.4 Å². The first-order valence-corrected chi connectivity index (χ1v) is 7.56. The molecule has 5 heteroatoms. The zero-order valence-electron chi connectivity index (χ0n) is 13.6. The highest BCUT2D eigenvalue weighted by Crippen LogP contribution is 2.21. The molecule has 1 heterocycles. The second-order valence-electron chi connectivity index (χ2n) is 6.18. The molecule has 3 aromatic rings. The van der Waals surface area contributed by atoms with E-state index in [1.165, 1.54) is 11.3 Å². The third kappa shape index (κ3) is 3.57. The molecule has 0 aliphatic heterocycles. The second-order valence-corrected chi connectivity index (χ2v) is 6.18. The van der Waals surface area contributed by atoms with Crippen LogP contribution in [-0.2, 0) is 6.54 Å². The number of aryl methyl sites for hydroxylation is 1. The van der Waals surface area contributed by atoms with Crippen LogP contribution in [0.3, 0.4) is 0 Å². The summed E-state index contributed by atoms with van der Waals surface area (Å²) in [5.74, 6) is 1.19. The summed E-state index contributed by atoms with van der Waals surface area (Å²) in [5, 5.41) is 16.9. The summed E-state index contributed by atoms with van der Waals surface area (Å²) >= 11 is 0. The van der Waals surface area contributed by atoms with Crippen LogP contribution >= 0.6 is 0 Å². The Morgan fingerprint density at radius 2 is 1.39 bits per heavy atom. The van der Waals surface area contributed by atoms with E-state index in [1.807, 2.05) is 30.3 Å². The molecular formula is C18H20N5+. The zero-order chi connectivity index (χ0) is 16.3. The van der Waals surface area contributed by atoms with E-state index in [1.54, 1.807) is 0 Å². The summed E-state index contributed by atoms with van der Waals surface area (Å²) in [7, 11) is 4.25. The van der Waals surface area contributed by atoms with Crippen LogP contribution in [0.1, 0.15) is 11.4 Å². The maximum atomic E-state index is 4.24. The maximum absolute atomic E-state index is 4.24. The fraction of sp³-hybridized carbons (Fsp3) is 0.222. The molecule has 0 N–H and O–H groups in total. The second kappa shape index (κ2) is 6.22. The third-order valence-electron chi connectivity index (χ3n) is 3.82. The molecule has 0 saturated carbocycles. The first-order chi connectivity index (χ1) is 11.0. The van der Waals surface area contributed by atoms with E-state index in [9.17, 15) is 0 Å². The van der Waals surface area contributed by atoms with Gasteiger partial charge in [0, 0.05) is 5.56 Å². The fourth-order valence-corrected chi connectivity index (χ4v) is 2.41. The van der Waals surface area contributed by atoms with Gasteiger partial charge in [-0.3, -0.25) is 4.48 Å². The van der Waals surface area contributed by atoms with Gasteiger partial charge in [-0.25, -0.2) is 0 Å². The molecule has 0 bridgehead atoms. The normalized spacial score (nSPS) is 11.4. The minimum absolute atomic E-state index is 0.551. The molecule has 0 fully saturated rings. The van der Waals surface area contributed by atoms with Gasteiger partial charge < -0.3 is 0 Å². The standard InChI is InChI=1S/C18H20N5/c1-14-9-11-16(12-10-14)23(2,3)13-17-19-21-18(22-20-17)15-7-5-4-6-8-15/h4-12H,13H2,1-3H3/q+1. The minimum Gasteiger partial charge on any atom is -0.289 e. The molecule has 2 aromatic carbocycles. The topological polar surface area (TPSA) is 51.6 Å². The summed E-state index contributed by atoms with van der Waals surface area (Å²) in [4.78, 5) is 0. The van der Waals surface area contributed by atoms with Gasteiger partial charge in [-0.15, -0.1) is 20.4 Å². The third-order valence-corrected chi connectivity index (χ3v) is 3.82. The number of hydrogen-bond acceptors (Lipinski definition) is 4. The summed E-state index contributed by atoms with van der Waals surface area (Å²) in [5.41, 5.74) is 3.37. The van der Waals surface area contributed by atoms with Crippen molar-refractivity contribution in [1.29, 1.82) is 0 Å². The van der Waals surface area contributed by atoms with Crippen LogP contribution in [0.5, 0.6) is 0 Å². The average Bonchev–Trinajstić information content (AvgIpc) is 2.56. The fourth-order valence-electron chi connectivity index (χ4n) is 2.41. The van der Waals surface area contributed by atoms with E-state index < -0.39 is 0 Å². The first kappa shape index (κ1) is 15.2. The van der Waals surface area contributed by atoms with Gasteiger partial charge in [0.05, 0.1) is 14.1 Å². The van der Waals surface area contributed by atoms with Gasteiger partial charge in [0.2, 0.25) is 11.6 Å². The quantitative estimate of drug-likeness (QED) is 0.695. The number of hydrogen-bond donors (Lipinski definition) is 0. The molecule has 0 aliphatic rings. The highest BCUT2D eigenvalue weighted by molar-refractivity contribution is 5.52. The summed E-state index contributed by atoms with van der Waals surface area (Å²) in [6.45, 7) is 2.72. The average molecular weight is 306 g/mol. The van der Waals surface area contributed by atoms with E-state index in [4.69, 9.17) is 0 Å². The van der Waals surface area contributed by atoms with Gasteiger partial charge in [0.1, 0.15) is 12.2 Å². The molecule has 0 amide bonds. The van der Waals surface area contributed by atoms with E-state index in [0.717, 1.165) is 5.56 Å². The number of nitrogens with zero attached hydrogens (tertiary/aromatic N) is 5. The zero-order valence-corrected chi connectivity index (χ0v) is 13.6. The van der Waals surface area contributed by atoms with Crippen molar-refractivity contribution in [3.8, 4) is 11.4 Å². The summed E-state index contributed by atoms with van der Waals surface area (Å²) in [6.07, 6.45) is 0. The lowest BCUT2D eigenvalue weighted by Crippen LogP contribution is -2.40. The molecule has 0 spiro atoms. The minimum atomic E-state index is 0.551. The highest BCUT2D eigenvalue weighted by atomic mass is 15.4. The molecule has 5 nitrogen and oxygen atoms in total. The Labute approximate surface area is 136 Å². The van der Waals surface area contributed by atoms with E-state index >= 15 is 0 Å². The molecule has 0 atom stereocenters. The van der Waals surface area contributed by atoms with Crippen LogP contribution in [0.15, 0.2) is 54.6 Å². The Morgan fingerprint density at radius 1 is 0.783 bits per heavy atom. The SMILES string of the molecule is Cc1ccc([N+](C)(C)Cc2nnc(-c3ccccc3)nn2)cc1. The largest absolute Gasteiger partial charge is 0.289 e. The Morgan fingerprint density at radius 3 is 2.00 bits per heavy atom. The van der Waals surface area contributed by atoms with Gasteiger partial charge in [-0.05, 0) is 19.1 Å². The monoisotopic (exact) mass is 306 g/mol. The summed E-state index contributed by atoms with van der Waals surface area (Å²) < 4.78 is 0.647. The van der Waals surface area contributed by atoms with Crippen molar-refractivity contribution in [3.63, 3.8) is 0 Å². The van der Waals surface area contributed by atoms with Crippen LogP contribution in [-0.4, -0.2) is 34.5 Å². The Kier molecular flexibility index (Phi) is 4.12. The van der Waals surface area contributed by atoms with Crippen molar-refractivity contribution < 1.29 is 0 Å². The molecule has 0 unspecified atom stereocenters. The van der Waals surface area contributed by atoms with Gasteiger partial charge in [-0.2, -0.15) is 0 Å². The van der Waals surface area contributed by atoms with E-state index in [2.05, 4.69) is 65.7 Å². The van der Waals surface area contributed by atoms with Gasteiger partial charge in [0.25, 0.3) is 0 Å². The maximum Gasteiger partial charge on any atom is 0.227 e. The highest BCUT2D eigenvalue weighted by Gasteiger charge is 2.21. The van der Waals surface area contributed by atoms with Crippen molar-refractivity contribution in [2.24, 2.45) is 0 Å². The molecule has 0 radical (unpaired) electrons. The number of rotatable bonds is 4. The van der Waals surface area contributed by atoms with Gasteiger partial charge in [-0.1, -0.05) is 48.0 Å². The number of benzene rings is 2. The summed E-state index contributed by atoms with van der Waals surface area (Å²) in [6, 6.07) is 18.3. The van der Waals surface area contributed by atoms with Crippen molar-refractivity contribution in [2.45, 2.75) is 13.5 Å². The van der Waals surface area contributed by atoms with Gasteiger partial charge >= 0.3 is 0 Å². The first-order valence-electron chi connectivity index (χ1n) is 7.56. The van der Waals surface area contributed by atoms with Gasteiger partial charge in [0.15, 0.2) is 0 Å². The Balaban J connectivity index is 1.79. The molecule has 3 rings (SSSR count). The predicted molar refractivity (Wildman–Crippen MR) is 91.6 cm³/mol. The van der Waals surface area contributed by atoms with Crippen molar-refractivity contribution in [1.82, 2.24) is 24.9 Å². The Bertz CT molecular complexity index is 765. The van der Waals surface area contributed by atoms with Crippen molar-refractivity contribution in [3.05, 3.63) is 66.0 Å². The van der Waals surface area contributed by atoms with Crippen LogP contribution in [0, 0.1) is 6.92 Å². The smallest absolute Gasteiger partial charge is 0.227 e. The van der Waals surface area contributed by atoms with Crippen LogP contribution in [0.4, 0.5) is 5.69 Å². The lowest BCUT2D eigenvalue weighted by atomic mass is 10.2. The number of quaternary nitrogens is 1. The lowest BCUT2D eigenvalue weighted by Gasteiger charge is -2.28. The molecule has 23 heavy (non-hydrogen) atoms.